The molecule has 0 amide bonds. The van der Waals surface area contributed by atoms with Gasteiger partial charge in [-0.2, -0.15) is 0 Å². The van der Waals surface area contributed by atoms with E-state index in [1.165, 1.54) is 29.3 Å². The zero-order chi connectivity index (χ0) is 16.3. The molecule has 23 heavy (non-hydrogen) atoms. The van der Waals surface area contributed by atoms with Gasteiger partial charge >= 0.3 is 5.97 Å². The molecule has 2 aromatic rings. The van der Waals surface area contributed by atoms with Crippen molar-refractivity contribution in [2.24, 2.45) is 13.0 Å². The Bertz CT molecular complexity index is 823. The van der Waals surface area contributed by atoms with E-state index in [4.69, 9.17) is 4.74 Å². The highest BCUT2D eigenvalue weighted by Gasteiger charge is 2.49. The summed E-state index contributed by atoms with van der Waals surface area (Å²) in [5.74, 6) is -1.05. The second-order valence-electron chi connectivity index (χ2n) is 6.55. The number of benzene rings is 1. The number of methoxy groups -OCH3 is 1. The number of carbonyl (C=O) groups is 2. The molecule has 2 aliphatic heterocycles. The summed E-state index contributed by atoms with van der Waals surface area (Å²) in [5.41, 5.74) is 3.67. The van der Waals surface area contributed by atoms with Crippen molar-refractivity contribution >= 4 is 22.7 Å². The van der Waals surface area contributed by atoms with E-state index in [9.17, 15) is 9.59 Å². The van der Waals surface area contributed by atoms with Gasteiger partial charge in [-0.1, -0.05) is 18.2 Å². The highest BCUT2D eigenvalue weighted by Crippen LogP contribution is 2.45. The number of esters is 1. The summed E-state index contributed by atoms with van der Waals surface area (Å²) >= 11 is 0. The van der Waals surface area contributed by atoms with Crippen molar-refractivity contribution in [3.8, 4) is 0 Å². The molecule has 0 radical (unpaired) electrons. The molecule has 5 heteroatoms. The molecule has 3 unspecified atom stereocenters. The van der Waals surface area contributed by atoms with Crippen LogP contribution in [0.15, 0.2) is 24.3 Å². The molecule has 2 aliphatic rings. The minimum absolute atomic E-state index is 0.00539. The topological polar surface area (TPSA) is 51.5 Å². The number of carbonyl (C=O) groups excluding carboxylic acids is 2. The Morgan fingerprint density at radius 2 is 1.96 bits per heavy atom. The molecule has 1 aromatic carbocycles. The second kappa shape index (κ2) is 4.93. The summed E-state index contributed by atoms with van der Waals surface area (Å²) in [5, 5.41) is 1.22. The van der Waals surface area contributed by atoms with Gasteiger partial charge in [-0.15, -0.1) is 0 Å². The van der Waals surface area contributed by atoms with Crippen LogP contribution < -0.4 is 0 Å². The van der Waals surface area contributed by atoms with Crippen molar-refractivity contribution in [2.75, 3.05) is 14.2 Å². The lowest BCUT2D eigenvalue weighted by atomic mass is 9.76. The third-order valence-electron chi connectivity index (χ3n) is 5.57. The largest absolute Gasteiger partial charge is 0.468 e. The third kappa shape index (κ3) is 1.83. The molecule has 4 rings (SSSR count). The van der Waals surface area contributed by atoms with Crippen molar-refractivity contribution < 1.29 is 14.3 Å². The lowest BCUT2D eigenvalue weighted by Crippen LogP contribution is -2.55. The Morgan fingerprint density at radius 3 is 2.70 bits per heavy atom. The summed E-state index contributed by atoms with van der Waals surface area (Å²) in [6, 6.07) is 8.13. The fourth-order valence-electron chi connectivity index (χ4n) is 4.38. The quantitative estimate of drug-likeness (QED) is 0.595. The van der Waals surface area contributed by atoms with Crippen LogP contribution in [0, 0.1) is 5.92 Å². The molecule has 0 aliphatic carbocycles. The van der Waals surface area contributed by atoms with Gasteiger partial charge in [-0.05, 0) is 31.5 Å². The van der Waals surface area contributed by atoms with Crippen LogP contribution in [0.25, 0.3) is 10.9 Å². The van der Waals surface area contributed by atoms with E-state index in [1.807, 2.05) is 19.2 Å². The average molecular weight is 312 g/mol. The van der Waals surface area contributed by atoms with Gasteiger partial charge in [-0.25, -0.2) is 0 Å². The zero-order valence-electron chi connectivity index (χ0n) is 13.6. The summed E-state index contributed by atoms with van der Waals surface area (Å²) < 4.78 is 7.07. The van der Waals surface area contributed by atoms with E-state index in [0.717, 1.165) is 0 Å². The number of hydrogen-bond acceptors (Lipinski definition) is 4. The first-order chi connectivity index (χ1) is 11.0. The maximum Gasteiger partial charge on any atom is 0.316 e. The first kappa shape index (κ1) is 14.5. The Balaban J connectivity index is 1.90. The highest BCUT2D eigenvalue weighted by atomic mass is 16.5. The lowest BCUT2D eigenvalue weighted by Gasteiger charge is -2.45. The van der Waals surface area contributed by atoms with Crippen molar-refractivity contribution in [3.05, 3.63) is 35.5 Å². The molecular weight excluding hydrogens is 292 g/mol. The minimum atomic E-state index is -0.641. The molecule has 0 spiro atoms. The van der Waals surface area contributed by atoms with Gasteiger partial charge in [0.2, 0.25) is 0 Å². The van der Waals surface area contributed by atoms with E-state index >= 15 is 0 Å². The summed E-state index contributed by atoms with van der Waals surface area (Å²) in [6.07, 6.45) is 1.16. The normalized spacial score (nSPS) is 27.1. The van der Waals surface area contributed by atoms with Gasteiger partial charge in [0.05, 0.1) is 19.2 Å². The number of aromatic nitrogens is 1. The van der Waals surface area contributed by atoms with Crippen LogP contribution in [0.4, 0.5) is 0 Å². The Hall–Kier alpha value is -2.14. The fourth-order valence-corrected chi connectivity index (χ4v) is 4.38. The van der Waals surface area contributed by atoms with E-state index < -0.39 is 11.9 Å². The summed E-state index contributed by atoms with van der Waals surface area (Å²) in [6.45, 7) is 0. The number of para-hydroxylation sites is 1. The number of piperidine rings is 1. The second-order valence-corrected chi connectivity index (χ2v) is 6.55. The van der Waals surface area contributed by atoms with E-state index in [-0.39, 0.29) is 17.9 Å². The number of aryl methyl sites for hydroxylation is 1. The van der Waals surface area contributed by atoms with Crippen molar-refractivity contribution in [3.63, 3.8) is 0 Å². The SMILES string of the molecule is COC(=O)C1CC2c3c(c4ccccc4n3C)CC(C1=O)N2C. The molecule has 1 fully saturated rings. The molecule has 2 bridgehead atoms. The monoisotopic (exact) mass is 312 g/mol. The van der Waals surface area contributed by atoms with Crippen LogP contribution in [-0.4, -0.2) is 41.4 Å². The number of hydrogen-bond donors (Lipinski definition) is 0. The van der Waals surface area contributed by atoms with Crippen molar-refractivity contribution in [1.29, 1.82) is 0 Å². The van der Waals surface area contributed by atoms with Gasteiger partial charge in [0.1, 0.15) is 5.92 Å². The number of ketones is 1. The van der Waals surface area contributed by atoms with Gasteiger partial charge in [0.25, 0.3) is 0 Å². The number of ether oxygens (including phenoxy) is 1. The third-order valence-corrected chi connectivity index (χ3v) is 5.57. The zero-order valence-corrected chi connectivity index (χ0v) is 13.6. The van der Waals surface area contributed by atoms with Crippen LogP contribution >= 0.6 is 0 Å². The van der Waals surface area contributed by atoms with E-state index in [2.05, 4.69) is 28.6 Å². The molecule has 0 N–H and O–H groups in total. The predicted octanol–water partition coefficient (Wildman–Crippen LogP) is 1.84. The molecule has 0 saturated carbocycles. The molecule has 5 nitrogen and oxygen atoms in total. The van der Waals surface area contributed by atoms with Gasteiger partial charge in [0.15, 0.2) is 5.78 Å². The number of likely N-dealkylation sites (N-methyl/N-ethyl adjacent to an activating group) is 1. The maximum atomic E-state index is 12.8. The first-order valence-corrected chi connectivity index (χ1v) is 7.94. The molecule has 3 atom stereocenters. The fraction of sp³-hybridized carbons (Fsp3) is 0.444. The maximum absolute atomic E-state index is 12.8. The van der Waals surface area contributed by atoms with Crippen LogP contribution in [0.1, 0.15) is 23.7 Å². The minimum Gasteiger partial charge on any atom is -0.468 e. The van der Waals surface area contributed by atoms with Crippen LogP contribution in [0.3, 0.4) is 0 Å². The number of Topliss-reactive ketones (excluding diaryl/α,β-unsaturated/α-hetero) is 1. The number of nitrogens with zero attached hydrogens (tertiary/aromatic N) is 2. The highest BCUT2D eigenvalue weighted by molar-refractivity contribution is 6.03. The standard InChI is InChI=1S/C18H20N2O3/c1-19-14-9-12(18(22)23-3)17(21)15(19)8-11-10-6-4-5-7-13(10)20(2)16(11)14/h4-7,12,14-15H,8-9H2,1-3H3. The molecule has 120 valence electrons. The molecule has 1 saturated heterocycles. The average Bonchev–Trinajstić information content (AvgIpc) is 2.84. The van der Waals surface area contributed by atoms with Gasteiger partial charge < -0.3 is 9.30 Å². The lowest BCUT2D eigenvalue weighted by molar-refractivity contribution is -0.155. The van der Waals surface area contributed by atoms with Crippen LogP contribution in [0.5, 0.6) is 0 Å². The van der Waals surface area contributed by atoms with Crippen molar-refractivity contribution in [2.45, 2.75) is 24.9 Å². The summed E-state index contributed by atoms with van der Waals surface area (Å²) in [7, 11) is 5.41. The Kier molecular flexibility index (Phi) is 3.10. The predicted molar refractivity (Wildman–Crippen MR) is 86.0 cm³/mol. The van der Waals surface area contributed by atoms with E-state index in [0.29, 0.717) is 12.8 Å². The summed E-state index contributed by atoms with van der Waals surface area (Å²) in [4.78, 5) is 26.9. The number of rotatable bonds is 1. The molecule has 3 heterocycles. The number of fused-ring (bicyclic) bond motifs is 6. The Labute approximate surface area is 134 Å². The van der Waals surface area contributed by atoms with Crippen LogP contribution in [0.2, 0.25) is 0 Å². The first-order valence-electron chi connectivity index (χ1n) is 7.94. The van der Waals surface area contributed by atoms with Gasteiger partial charge in [-0.3, -0.25) is 14.5 Å². The molecule has 1 aromatic heterocycles. The smallest absolute Gasteiger partial charge is 0.316 e. The van der Waals surface area contributed by atoms with Gasteiger partial charge in [0, 0.05) is 23.6 Å². The van der Waals surface area contributed by atoms with Crippen LogP contribution in [-0.2, 0) is 27.8 Å². The molecular formula is C18H20N2O3. The van der Waals surface area contributed by atoms with Crippen molar-refractivity contribution in [1.82, 2.24) is 9.47 Å². The Morgan fingerprint density at radius 1 is 1.22 bits per heavy atom. The van der Waals surface area contributed by atoms with E-state index in [1.54, 1.807) is 0 Å².